The van der Waals surface area contributed by atoms with Crippen molar-refractivity contribution in [1.82, 2.24) is 24.7 Å². The second-order valence-electron chi connectivity index (χ2n) is 8.08. The number of imidazole rings is 1. The average Bonchev–Trinajstić information content (AvgIpc) is 3.33. The molecule has 1 fully saturated rings. The summed E-state index contributed by atoms with van der Waals surface area (Å²) in [4.78, 5) is 29.5. The van der Waals surface area contributed by atoms with Gasteiger partial charge in [0.15, 0.2) is 0 Å². The summed E-state index contributed by atoms with van der Waals surface area (Å²) in [6.45, 7) is 2.22. The third-order valence-electron chi connectivity index (χ3n) is 5.69. The number of amides is 2. The molecule has 0 aliphatic carbocycles. The summed E-state index contributed by atoms with van der Waals surface area (Å²) in [5, 5.41) is 0. The number of halogens is 1. The number of hydrogen-bond acceptors (Lipinski definition) is 5. The van der Waals surface area contributed by atoms with Crippen LogP contribution in [0.5, 0.6) is 0 Å². The van der Waals surface area contributed by atoms with Crippen molar-refractivity contribution in [3.63, 3.8) is 0 Å². The third-order valence-corrected chi connectivity index (χ3v) is 7.57. The predicted molar refractivity (Wildman–Crippen MR) is 122 cm³/mol. The molecule has 2 amide bonds. The number of sulfonamides is 1. The Hall–Kier alpha value is -3.57. The molecule has 4 rings (SSSR count). The van der Waals surface area contributed by atoms with Crippen LogP contribution in [-0.4, -0.2) is 47.2 Å². The van der Waals surface area contributed by atoms with E-state index in [2.05, 4.69) is 15.8 Å². The monoisotopic (exact) mass is 485 g/mol. The molecule has 1 aliphatic rings. The summed E-state index contributed by atoms with van der Waals surface area (Å²) < 4.78 is 41.9. The van der Waals surface area contributed by atoms with Crippen molar-refractivity contribution >= 4 is 21.8 Å². The van der Waals surface area contributed by atoms with Gasteiger partial charge in [-0.2, -0.15) is 4.31 Å². The molecule has 3 aromatic rings. The molecule has 0 unspecified atom stereocenters. The minimum atomic E-state index is -3.72. The molecule has 2 N–H and O–H groups in total. The van der Waals surface area contributed by atoms with E-state index in [1.165, 1.54) is 45.7 Å². The number of carbonyl (C=O) groups is 2. The molecule has 1 aliphatic heterocycles. The van der Waals surface area contributed by atoms with Crippen LogP contribution in [0.25, 0.3) is 5.69 Å². The van der Waals surface area contributed by atoms with Crippen LogP contribution >= 0.6 is 0 Å². The number of hydrazine groups is 1. The smallest absolute Gasteiger partial charge is 0.288 e. The van der Waals surface area contributed by atoms with E-state index in [1.54, 1.807) is 24.3 Å². The van der Waals surface area contributed by atoms with Gasteiger partial charge < -0.3 is 0 Å². The normalized spacial score (nSPS) is 16.7. The van der Waals surface area contributed by atoms with E-state index in [0.717, 1.165) is 5.56 Å². The molecule has 0 bridgehead atoms. The first kappa shape index (κ1) is 23.6. The molecule has 0 saturated carbocycles. The van der Waals surface area contributed by atoms with E-state index in [9.17, 15) is 22.4 Å². The number of hydrogen-bond donors (Lipinski definition) is 2. The van der Waals surface area contributed by atoms with Crippen molar-refractivity contribution in [2.75, 3.05) is 13.1 Å². The lowest BCUT2D eigenvalue weighted by molar-refractivity contribution is -0.126. The number of aromatic nitrogens is 2. The summed E-state index contributed by atoms with van der Waals surface area (Å²) in [5.41, 5.74) is 6.36. The van der Waals surface area contributed by atoms with Crippen molar-refractivity contribution in [3.8, 4) is 5.69 Å². The molecule has 1 aromatic heterocycles. The van der Waals surface area contributed by atoms with Gasteiger partial charge in [-0.25, -0.2) is 17.8 Å². The molecule has 1 saturated heterocycles. The SMILES string of the molecule is Cc1ccc(S(=O)(=O)N2CCC[C@@H](C(=O)NNC(=O)c3cncn3-c3ccc(F)cc3)C2)cc1. The summed E-state index contributed by atoms with van der Waals surface area (Å²) in [7, 11) is -3.72. The second kappa shape index (κ2) is 9.74. The first-order chi connectivity index (χ1) is 16.3. The van der Waals surface area contributed by atoms with Crippen molar-refractivity contribution in [2.45, 2.75) is 24.7 Å². The first-order valence-corrected chi connectivity index (χ1v) is 12.1. The first-order valence-electron chi connectivity index (χ1n) is 10.7. The van der Waals surface area contributed by atoms with Crippen LogP contribution in [-0.2, 0) is 14.8 Å². The Labute approximate surface area is 196 Å². The molecule has 1 atom stereocenters. The van der Waals surface area contributed by atoms with Crippen molar-refractivity contribution < 1.29 is 22.4 Å². The number of rotatable bonds is 5. The lowest BCUT2D eigenvalue weighted by atomic mass is 9.99. The minimum Gasteiger partial charge on any atom is -0.295 e. The number of carbonyl (C=O) groups excluding carboxylic acids is 2. The Bertz CT molecular complexity index is 1290. The standard InChI is InChI=1S/C23H24FN5O4S/c1-16-4-10-20(11-5-16)34(32,33)28-12-2-3-17(14-28)22(30)26-27-23(31)21-13-25-15-29(21)19-8-6-18(24)7-9-19/h4-11,13,15,17H,2-3,12,14H2,1H3,(H,26,30)(H,27,31)/t17-/m1/s1. The highest BCUT2D eigenvalue weighted by Gasteiger charge is 2.33. The topological polar surface area (TPSA) is 113 Å². The van der Waals surface area contributed by atoms with Gasteiger partial charge in [0.25, 0.3) is 5.91 Å². The van der Waals surface area contributed by atoms with Crippen molar-refractivity contribution in [3.05, 3.63) is 78.1 Å². The maximum Gasteiger partial charge on any atom is 0.288 e. The van der Waals surface area contributed by atoms with E-state index >= 15 is 0 Å². The van der Waals surface area contributed by atoms with Gasteiger partial charge in [0, 0.05) is 18.8 Å². The van der Waals surface area contributed by atoms with Crippen molar-refractivity contribution in [2.24, 2.45) is 5.92 Å². The van der Waals surface area contributed by atoms with Gasteiger partial charge in [0.2, 0.25) is 15.9 Å². The predicted octanol–water partition coefficient (Wildman–Crippen LogP) is 2.18. The van der Waals surface area contributed by atoms with Gasteiger partial charge >= 0.3 is 0 Å². The van der Waals surface area contributed by atoms with Gasteiger partial charge in [0.05, 0.1) is 23.3 Å². The Balaban J connectivity index is 1.39. The number of aryl methyl sites for hydroxylation is 1. The van der Waals surface area contributed by atoms with Crippen LogP contribution in [0.15, 0.2) is 66.0 Å². The zero-order chi connectivity index (χ0) is 24.3. The fourth-order valence-corrected chi connectivity index (χ4v) is 5.31. The van der Waals surface area contributed by atoms with E-state index in [1.807, 2.05) is 6.92 Å². The van der Waals surface area contributed by atoms with E-state index in [4.69, 9.17) is 0 Å². The van der Waals surface area contributed by atoms with Crippen LogP contribution in [0.2, 0.25) is 0 Å². The quantitative estimate of drug-likeness (QED) is 0.538. The lowest BCUT2D eigenvalue weighted by Gasteiger charge is -2.31. The maximum absolute atomic E-state index is 13.2. The number of benzene rings is 2. The van der Waals surface area contributed by atoms with Crippen LogP contribution in [0.1, 0.15) is 28.9 Å². The Morgan fingerprint density at radius 1 is 1.06 bits per heavy atom. The molecule has 0 radical (unpaired) electrons. The zero-order valence-electron chi connectivity index (χ0n) is 18.4. The molecule has 11 heteroatoms. The highest BCUT2D eigenvalue weighted by atomic mass is 32.2. The molecular formula is C23H24FN5O4S. The summed E-state index contributed by atoms with van der Waals surface area (Å²) >= 11 is 0. The Morgan fingerprint density at radius 3 is 2.47 bits per heavy atom. The number of nitrogens with zero attached hydrogens (tertiary/aromatic N) is 3. The van der Waals surface area contributed by atoms with Crippen LogP contribution in [0.3, 0.4) is 0 Å². The molecule has 0 spiro atoms. The zero-order valence-corrected chi connectivity index (χ0v) is 19.3. The lowest BCUT2D eigenvalue weighted by Crippen LogP contribution is -2.50. The number of piperidine rings is 1. The molecule has 2 aromatic carbocycles. The van der Waals surface area contributed by atoms with Gasteiger partial charge in [-0.15, -0.1) is 0 Å². The minimum absolute atomic E-state index is 0.0193. The van der Waals surface area contributed by atoms with Gasteiger partial charge in [-0.3, -0.25) is 25.0 Å². The van der Waals surface area contributed by atoms with Crippen molar-refractivity contribution in [1.29, 1.82) is 0 Å². The van der Waals surface area contributed by atoms with Gasteiger partial charge in [-0.1, -0.05) is 17.7 Å². The highest BCUT2D eigenvalue weighted by molar-refractivity contribution is 7.89. The van der Waals surface area contributed by atoms with Gasteiger partial charge in [0.1, 0.15) is 11.5 Å². The summed E-state index contributed by atoms with van der Waals surface area (Å²) in [6, 6.07) is 12.1. The Morgan fingerprint density at radius 2 is 1.76 bits per heavy atom. The number of nitrogens with one attached hydrogen (secondary N) is 2. The Kier molecular flexibility index (Phi) is 6.75. The molecule has 34 heavy (non-hydrogen) atoms. The fraction of sp³-hybridized carbons (Fsp3) is 0.261. The van der Waals surface area contributed by atoms with E-state index < -0.39 is 33.6 Å². The molecule has 9 nitrogen and oxygen atoms in total. The molecular weight excluding hydrogens is 461 g/mol. The molecule has 178 valence electrons. The third kappa shape index (κ3) is 5.00. The van der Waals surface area contributed by atoms with E-state index in [-0.39, 0.29) is 17.1 Å². The highest BCUT2D eigenvalue weighted by Crippen LogP contribution is 2.24. The summed E-state index contributed by atoms with van der Waals surface area (Å²) in [5.74, 6) is -2.12. The molecule has 2 heterocycles. The largest absolute Gasteiger partial charge is 0.295 e. The van der Waals surface area contributed by atoms with Crippen LogP contribution < -0.4 is 10.9 Å². The second-order valence-corrected chi connectivity index (χ2v) is 10.0. The summed E-state index contributed by atoms with van der Waals surface area (Å²) in [6.07, 6.45) is 3.74. The fourth-order valence-electron chi connectivity index (χ4n) is 3.79. The van der Waals surface area contributed by atoms with Gasteiger partial charge in [-0.05, 0) is 56.2 Å². The van der Waals surface area contributed by atoms with E-state index in [0.29, 0.717) is 25.1 Å². The van der Waals surface area contributed by atoms with Crippen LogP contribution in [0.4, 0.5) is 4.39 Å². The maximum atomic E-state index is 13.2. The van der Waals surface area contributed by atoms with Crippen LogP contribution in [0, 0.1) is 18.7 Å². The average molecular weight is 486 g/mol.